The van der Waals surface area contributed by atoms with Crippen molar-refractivity contribution in [1.29, 1.82) is 0 Å². The van der Waals surface area contributed by atoms with Gasteiger partial charge in [0.15, 0.2) is 5.96 Å². The predicted octanol–water partition coefficient (Wildman–Crippen LogP) is 1.23. The standard InChI is InChI=1S/C16H28N4O2/c1-3-22-13-11-20-16(18-9-5-12-21-2)19-10-7-15-6-4-8-17-14-15/h4,6,8,14H,3,5,7,9-13H2,1-2H3,(H2,18,19,20). The number of hydrogen-bond donors (Lipinski definition) is 2. The lowest BCUT2D eigenvalue weighted by atomic mass is 10.2. The molecule has 22 heavy (non-hydrogen) atoms. The second-order valence-electron chi connectivity index (χ2n) is 4.74. The van der Waals surface area contributed by atoms with E-state index in [0.717, 1.165) is 51.6 Å². The fraction of sp³-hybridized carbons (Fsp3) is 0.625. The van der Waals surface area contributed by atoms with Gasteiger partial charge in [-0.2, -0.15) is 0 Å². The Morgan fingerprint density at radius 3 is 2.86 bits per heavy atom. The normalized spacial score (nSPS) is 11.5. The van der Waals surface area contributed by atoms with E-state index in [9.17, 15) is 0 Å². The number of ether oxygens (including phenoxy) is 2. The number of methoxy groups -OCH3 is 1. The van der Waals surface area contributed by atoms with E-state index in [1.54, 1.807) is 13.3 Å². The zero-order chi connectivity index (χ0) is 15.9. The summed E-state index contributed by atoms with van der Waals surface area (Å²) < 4.78 is 10.4. The lowest BCUT2D eigenvalue weighted by Gasteiger charge is -2.12. The Morgan fingerprint density at radius 1 is 1.27 bits per heavy atom. The molecule has 0 bridgehead atoms. The van der Waals surface area contributed by atoms with Gasteiger partial charge in [0.25, 0.3) is 0 Å². The maximum atomic E-state index is 5.33. The van der Waals surface area contributed by atoms with E-state index in [1.807, 2.05) is 19.2 Å². The molecule has 1 rings (SSSR count). The van der Waals surface area contributed by atoms with E-state index in [2.05, 4.69) is 26.7 Å². The molecule has 0 fully saturated rings. The molecule has 0 radical (unpaired) electrons. The van der Waals surface area contributed by atoms with Crippen LogP contribution in [0.15, 0.2) is 29.5 Å². The van der Waals surface area contributed by atoms with Crippen molar-refractivity contribution in [3.05, 3.63) is 30.1 Å². The number of nitrogens with zero attached hydrogens (tertiary/aromatic N) is 2. The van der Waals surface area contributed by atoms with E-state index in [1.165, 1.54) is 5.56 Å². The van der Waals surface area contributed by atoms with Gasteiger partial charge in [0.2, 0.25) is 0 Å². The van der Waals surface area contributed by atoms with Crippen LogP contribution in [0, 0.1) is 0 Å². The fourth-order valence-corrected chi connectivity index (χ4v) is 1.83. The topological polar surface area (TPSA) is 67.8 Å². The SMILES string of the molecule is CCOCCNC(=NCCCOC)NCCc1cccnc1. The molecular weight excluding hydrogens is 280 g/mol. The van der Waals surface area contributed by atoms with Crippen molar-refractivity contribution in [2.75, 3.05) is 46.6 Å². The van der Waals surface area contributed by atoms with Crippen LogP contribution in [0.1, 0.15) is 18.9 Å². The number of rotatable bonds is 11. The van der Waals surface area contributed by atoms with Gasteiger partial charge in [-0.25, -0.2) is 0 Å². The second kappa shape index (κ2) is 13.0. The molecule has 0 aromatic carbocycles. The van der Waals surface area contributed by atoms with Crippen molar-refractivity contribution in [2.45, 2.75) is 19.8 Å². The maximum absolute atomic E-state index is 5.33. The third kappa shape index (κ3) is 9.31. The van der Waals surface area contributed by atoms with E-state index in [4.69, 9.17) is 9.47 Å². The van der Waals surface area contributed by atoms with Gasteiger partial charge in [0.05, 0.1) is 6.61 Å². The number of guanidine groups is 1. The third-order valence-corrected chi connectivity index (χ3v) is 2.95. The average molecular weight is 308 g/mol. The first-order valence-electron chi connectivity index (χ1n) is 7.84. The van der Waals surface area contributed by atoms with Crippen LogP contribution in [0.3, 0.4) is 0 Å². The van der Waals surface area contributed by atoms with Gasteiger partial charge in [0.1, 0.15) is 0 Å². The van der Waals surface area contributed by atoms with Gasteiger partial charge in [-0.1, -0.05) is 6.07 Å². The van der Waals surface area contributed by atoms with Crippen molar-refractivity contribution in [3.63, 3.8) is 0 Å². The van der Waals surface area contributed by atoms with Gasteiger partial charge < -0.3 is 20.1 Å². The highest BCUT2D eigenvalue weighted by Gasteiger charge is 1.99. The summed E-state index contributed by atoms with van der Waals surface area (Å²) in [6.07, 6.45) is 5.50. The molecule has 0 atom stereocenters. The van der Waals surface area contributed by atoms with Crippen molar-refractivity contribution in [3.8, 4) is 0 Å². The molecule has 1 aromatic heterocycles. The Kier molecular flexibility index (Phi) is 10.9. The molecule has 0 amide bonds. The molecule has 0 unspecified atom stereocenters. The number of aromatic nitrogens is 1. The highest BCUT2D eigenvalue weighted by molar-refractivity contribution is 5.79. The smallest absolute Gasteiger partial charge is 0.191 e. The first-order chi connectivity index (χ1) is 10.9. The van der Waals surface area contributed by atoms with Crippen LogP contribution in [0.2, 0.25) is 0 Å². The molecule has 0 aliphatic rings. The molecule has 1 heterocycles. The number of aliphatic imine (C=N–C) groups is 1. The van der Waals surface area contributed by atoms with Gasteiger partial charge >= 0.3 is 0 Å². The summed E-state index contributed by atoms with van der Waals surface area (Å²) in [6, 6.07) is 4.03. The lowest BCUT2D eigenvalue weighted by Crippen LogP contribution is -2.40. The largest absolute Gasteiger partial charge is 0.385 e. The highest BCUT2D eigenvalue weighted by atomic mass is 16.5. The highest BCUT2D eigenvalue weighted by Crippen LogP contribution is 1.95. The Bertz CT molecular complexity index is 398. The van der Waals surface area contributed by atoms with Crippen molar-refractivity contribution >= 4 is 5.96 Å². The number of pyridine rings is 1. The summed E-state index contributed by atoms with van der Waals surface area (Å²) in [7, 11) is 1.71. The molecule has 0 spiro atoms. The molecule has 0 aliphatic heterocycles. The molecule has 6 heteroatoms. The van der Waals surface area contributed by atoms with E-state index >= 15 is 0 Å². The first kappa shape index (κ1) is 18.4. The Morgan fingerprint density at radius 2 is 2.14 bits per heavy atom. The predicted molar refractivity (Wildman–Crippen MR) is 89.2 cm³/mol. The summed E-state index contributed by atoms with van der Waals surface area (Å²) in [5, 5.41) is 6.61. The molecule has 0 saturated carbocycles. The molecule has 6 nitrogen and oxygen atoms in total. The molecular formula is C16H28N4O2. The van der Waals surface area contributed by atoms with E-state index in [0.29, 0.717) is 6.61 Å². The third-order valence-electron chi connectivity index (χ3n) is 2.95. The van der Waals surface area contributed by atoms with Crippen molar-refractivity contribution < 1.29 is 9.47 Å². The zero-order valence-corrected chi connectivity index (χ0v) is 13.7. The van der Waals surface area contributed by atoms with Crippen molar-refractivity contribution in [2.24, 2.45) is 4.99 Å². The lowest BCUT2D eigenvalue weighted by molar-refractivity contribution is 0.152. The van der Waals surface area contributed by atoms with E-state index in [-0.39, 0.29) is 0 Å². The summed E-state index contributed by atoms with van der Waals surface area (Å²) in [6.45, 7) is 6.43. The van der Waals surface area contributed by atoms with Gasteiger partial charge in [0, 0.05) is 52.4 Å². The molecule has 0 aliphatic carbocycles. The quantitative estimate of drug-likeness (QED) is 0.366. The molecule has 0 saturated heterocycles. The number of hydrogen-bond acceptors (Lipinski definition) is 4. The van der Waals surface area contributed by atoms with Crippen LogP contribution in [0.4, 0.5) is 0 Å². The fourth-order valence-electron chi connectivity index (χ4n) is 1.83. The summed E-state index contributed by atoms with van der Waals surface area (Å²) in [5.41, 5.74) is 1.21. The average Bonchev–Trinajstić information content (AvgIpc) is 2.56. The Balaban J connectivity index is 2.32. The van der Waals surface area contributed by atoms with Crippen LogP contribution in [0.5, 0.6) is 0 Å². The van der Waals surface area contributed by atoms with Crippen LogP contribution >= 0.6 is 0 Å². The summed E-state index contributed by atoms with van der Waals surface area (Å²) in [5.74, 6) is 0.819. The minimum Gasteiger partial charge on any atom is -0.385 e. The molecule has 1 aromatic rings. The molecule has 2 N–H and O–H groups in total. The van der Waals surface area contributed by atoms with E-state index < -0.39 is 0 Å². The minimum atomic E-state index is 0.678. The number of nitrogens with one attached hydrogen (secondary N) is 2. The first-order valence-corrected chi connectivity index (χ1v) is 7.84. The molecule has 124 valence electrons. The maximum Gasteiger partial charge on any atom is 0.191 e. The summed E-state index contributed by atoms with van der Waals surface area (Å²) >= 11 is 0. The van der Waals surface area contributed by atoms with Gasteiger partial charge in [-0.15, -0.1) is 0 Å². The summed E-state index contributed by atoms with van der Waals surface area (Å²) in [4.78, 5) is 8.65. The second-order valence-corrected chi connectivity index (χ2v) is 4.74. The monoisotopic (exact) mass is 308 g/mol. The van der Waals surface area contributed by atoms with Gasteiger partial charge in [-0.3, -0.25) is 9.98 Å². The van der Waals surface area contributed by atoms with Gasteiger partial charge in [-0.05, 0) is 31.4 Å². The Hall–Kier alpha value is -1.66. The van der Waals surface area contributed by atoms with Crippen LogP contribution in [0.25, 0.3) is 0 Å². The van der Waals surface area contributed by atoms with Crippen molar-refractivity contribution in [1.82, 2.24) is 15.6 Å². The van der Waals surface area contributed by atoms with Crippen LogP contribution < -0.4 is 10.6 Å². The van der Waals surface area contributed by atoms with Crippen LogP contribution in [-0.2, 0) is 15.9 Å². The Labute approximate surface area is 133 Å². The van der Waals surface area contributed by atoms with Crippen LogP contribution in [-0.4, -0.2) is 57.5 Å². The zero-order valence-electron chi connectivity index (χ0n) is 13.7. The minimum absolute atomic E-state index is 0.678.